The van der Waals surface area contributed by atoms with Crippen LogP contribution in [-0.4, -0.2) is 28.5 Å². The van der Waals surface area contributed by atoms with Gasteiger partial charge in [-0.05, 0) is 49.8 Å². The standard InChI is InChI=1S/C21H30N4O/c1-17(19-7-10-22-11-8-19)15-21(26)24-16-20-23-12-14-25(20)13-9-18-5-3-2-4-6-18/h2-6,12,14,17,19,22H,7-11,13,15-16H2,1H3,(H,24,26). The largest absolute Gasteiger partial charge is 0.349 e. The summed E-state index contributed by atoms with van der Waals surface area (Å²) < 4.78 is 2.13. The van der Waals surface area contributed by atoms with Gasteiger partial charge in [-0.1, -0.05) is 37.3 Å². The van der Waals surface area contributed by atoms with Crippen molar-refractivity contribution in [3.63, 3.8) is 0 Å². The quantitative estimate of drug-likeness (QED) is 0.766. The average molecular weight is 354 g/mol. The SMILES string of the molecule is CC(CC(=O)NCc1nccn1CCc1ccccc1)C1CCNCC1. The van der Waals surface area contributed by atoms with Crippen molar-refractivity contribution in [2.75, 3.05) is 13.1 Å². The third kappa shape index (κ3) is 5.43. The number of carbonyl (C=O) groups excluding carboxylic acids is 1. The number of aromatic nitrogens is 2. The number of imidazole rings is 1. The molecule has 1 aliphatic heterocycles. The number of hydrogen-bond acceptors (Lipinski definition) is 3. The molecule has 140 valence electrons. The van der Waals surface area contributed by atoms with E-state index in [4.69, 9.17) is 0 Å². The highest BCUT2D eigenvalue weighted by Crippen LogP contribution is 2.24. The summed E-state index contributed by atoms with van der Waals surface area (Å²) in [5.41, 5.74) is 1.31. The Hall–Kier alpha value is -2.14. The summed E-state index contributed by atoms with van der Waals surface area (Å²) in [6.45, 7) is 5.74. The molecule has 0 saturated carbocycles. The van der Waals surface area contributed by atoms with Gasteiger partial charge in [0.05, 0.1) is 6.54 Å². The van der Waals surface area contributed by atoms with Crippen molar-refractivity contribution in [1.29, 1.82) is 0 Å². The molecule has 1 unspecified atom stereocenters. The van der Waals surface area contributed by atoms with Crippen LogP contribution in [0.4, 0.5) is 0 Å². The van der Waals surface area contributed by atoms with E-state index in [1.165, 1.54) is 18.4 Å². The smallest absolute Gasteiger partial charge is 0.220 e. The van der Waals surface area contributed by atoms with E-state index in [0.717, 1.165) is 31.9 Å². The van der Waals surface area contributed by atoms with Crippen LogP contribution in [0.25, 0.3) is 0 Å². The van der Waals surface area contributed by atoms with E-state index in [1.54, 1.807) is 0 Å². The van der Waals surface area contributed by atoms with E-state index in [9.17, 15) is 4.79 Å². The monoisotopic (exact) mass is 354 g/mol. The molecule has 2 heterocycles. The Morgan fingerprint density at radius 1 is 1.31 bits per heavy atom. The molecule has 0 radical (unpaired) electrons. The second-order valence-corrected chi connectivity index (χ2v) is 7.32. The van der Waals surface area contributed by atoms with Crippen LogP contribution in [0.15, 0.2) is 42.7 Å². The molecule has 0 spiro atoms. The van der Waals surface area contributed by atoms with Gasteiger partial charge in [0.1, 0.15) is 5.82 Å². The molecule has 5 heteroatoms. The van der Waals surface area contributed by atoms with Crippen molar-refractivity contribution < 1.29 is 4.79 Å². The summed E-state index contributed by atoms with van der Waals surface area (Å²) in [6.07, 6.45) is 7.73. The van der Waals surface area contributed by atoms with Gasteiger partial charge in [-0.25, -0.2) is 4.98 Å². The molecule has 1 aromatic heterocycles. The Labute approximate surface area is 156 Å². The maximum Gasteiger partial charge on any atom is 0.220 e. The highest BCUT2D eigenvalue weighted by atomic mass is 16.1. The lowest BCUT2D eigenvalue weighted by Gasteiger charge is -2.27. The van der Waals surface area contributed by atoms with Crippen molar-refractivity contribution >= 4 is 5.91 Å². The first-order valence-electron chi connectivity index (χ1n) is 9.73. The van der Waals surface area contributed by atoms with Crippen LogP contribution in [-0.2, 0) is 24.3 Å². The number of hydrogen-bond donors (Lipinski definition) is 2. The summed E-state index contributed by atoms with van der Waals surface area (Å²) in [4.78, 5) is 16.7. The molecule has 3 rings (SSSR count). The van der Waals surface area contributed by atoms with Gasteiger partial charge in [0.2, 0.25) is 5.91 Å². The van der Waals surface area contributed by atoms with Crippen LogP contribution < -0.4 is 10.6 Å². The van der Waals surface area contributed by atoms with Gasteiger partial charge in [0.25, 0.3) is 0 Å². The van der Waals surface area contributed by atoms with Crippen molar-refractivity contribution in [2.45, 2.75) is 45.7 Å². The number of nitrogens with one attached hydrogen (secondary N) is 2. The van der Waals surface area contributed by atoms with Crippen molar-refractivity contribution in [1.82, 2.24) is 20.2 Å². The summed E-state index contributed by atoms with van der Waals surface area (Å²) in [7, 11) is 0. The van der Waals surface area contributed by atoms with Gasteiger partial charge in [-0.2, -0.15) is 0 Å². The van der Waals surface area contributed by atoms with Crippen molar-refractivity contribution in [3.8, 4) is 0 Å². The normalized spacial score (nSPS) is 16.3. The molecule has 26 heavy (non-hydrogen) atoms. The van der Waals surface area contributed by atoms with Crippen molar-refractivity contribution in [2.24, 2.45) is 11.8 Å². The minimum absolute atomic E-state index is 0.133. The summed E-state index contributed by atoms with van der Waals surface area (Å²) in [6, 6.07) is 10.4. The zero-order chi connectivity index (χ0) is 18.2. The van der Waals surface area contributed by atoms with Crippen LogP contribution in [0.2, 0.25) is 0 Å². The Bertz CT molecular complexity index is 676. The van der Waals surface area contributed by atoms with Gasteiger partial charge < -0.3 is 15.2 Å². The van der Waals surface area contributed by atoms with E-state index < -0.39 is 0 Å². The second-order valence-electron chi connectivity index (χ2n) is 7.32. The van der Waals surface area contributed by atoms with E-state index in [1.807, 2.05) is 18.5 Å². The lowest BCUT2D eigenvalue weighted by atomic mass is 9.84. The van der Waals surface area contributed by atoms with Gasteiger partial charge >= 0.3 is 0 Å². The van der Waals surface area contributed by atoms with Gasteiger partial charge in [-0.15, -0.1) is 0 Å². The summed E-state index contributed by atoms with van der Waals surface area (Å²) in [5, 5.41) is 6.44. The number of nitrogens with zero attached hydrogens (tertiary/aromatic N) is 2. The highest BCUT2D eigenvalue weighted by Gasteiger charge is 2.22. The van der Waals surface area contributed by atoms with Gasteiger partial charge in [0, 0.05) is 25.4 Å². The molecule has 1 saturated heterocycles. The fourth-order valence-corrected chi connectivity index (χ4v) is 3.73. The molecular formula is C21H30N4O. The Morgan fingerprint density at radius 2 is 2.08 bits per heavy atom. The number of piperidine rings is 1. The lowest BCUT2D eigenvalue weighted by molar-refractivity contribution is -0.122. The average Bonchev–Trinajstić information content (AvgIpc) is 3.13. The zero-order valence-corrected chi connectivity index (χ0v) is 15.7. The summed E-state index contributed by atoms with van der Waals surface area (Å²) in [5.74, 6) is 2.15. The fraction of sp³-hybridized carbons (Fsp3) is 0.524. The zero-order valence-electron chi connectivity index (χ0n) is 15.7. The van der Waals surface area contributed by atoms with Crippen LogP contribution >= 0.6 is 0 Å². The first kappa shape index (κ1) is 18.6. The first-order chi connectivity index (χ1) is 12.7. The van der Waals surface area contributed by atoms with Crippen LogP contribution in [0, 0.1) is 11.8 Å². The van der Waals surface area contributed by atoms with Gasteiger partial charge in [0.15, 0.2) is 0 Å². The summed E-state index contributed by atoms with van der Waals surface area (Å²) >= 11 is 0. The maximum absolute atomic E-state index is 12.3. The molecule has 1 amide bonds. The van der Waals surface area contributed by atoms with Crippen LogP contribution in [0.1, 0.15) is 37.6 Å². The third-order valence-electron chi connectivity index (χ3n) is 5.43. The first-order valence-corrected chi connectivity index (χ1v) is 9.73. The Balaban J connectivity index is 1.44. The Morgan fingerprint density at radius 3 is 2.85 bits per heavy atom. The fourth-order valence-electron chi connectivity index (χ4n) is 3.73. The molecular weight excluding hydrogens is 324 g/mol. The minimum Gasteiger partial charge on any atom is -0.349 e. The molecule has 2 N–H and O–H groups in total. The molecule has 1 atom stereocenters. The van der Waals surface area contributed by atoms with Crippen molar-refractivity contribution in [3.05, 3.63) is 54.1 Å². The number of aryl methyl sites for hydroxylation is 2. The topological polar surface area (TPSA) is 59.0 Å². The third-order valence-corrected chi connectivity index (χ3v) is 5.43. The van der Waals surface area contributed by atoms with E-state index in [0.29, 0.717) is 24.8 Å². The number of carbonyl (C=O) groups is 1. The van der Waals surface area contributed by atoms with Crippen LogP contribution in [0.5, 0.6) is 0 Å². The van der Waals surface area contributed by atoms with E-state index >= 15 is 0 Å². The predicted octanol–water partition coefficient (Wildman–Crippen LogP) is 2.77. The molecule has 0 bridgehead atoms. The predicted molar refractivity (Wildman–Crippen MR) is 104 cm³/mol. The number of benzene rings is 1. The number of rotatable bonds is 8. The molecule has 5 nitrogen and oxygen atoms in total. The van der Waals surface area contributed by atoms with E-state index in [-0.39, 0.29) is 5.91 Å². The molecule has 1 aromatic carbocycles. The minimum atomic E-state index is 0.133. The second kappa shape index (κ2) is 9.53. The lowest BCUT2D eigenvalue weighted by Crippen LogP contribution is -2.33. The number of amides is 1. The maximum atomic E-state index is 12.3. The van der Waals surface area contributed by atoms with Gasteiger partial charge in [-0.3, -0.25) is 4.79 Å². The molecule has 2 aromatic rings. The molecule has 0 aliphatic carbocycles. The van der Waals surface area contributed by atoms with E-state index in [2.05, 4.69) is 51.4 Å². The Kier molecular flexibility index (Phi) is 6.83. The highest BCUT2D eigenvalue weighted by molar-refractivity contribution is 5.76. The molecule has 1 aliphatic rings. The van der Waals surface area contributed by atoms with Crippen LogP contribution in [0.3, 0.4) is 0 Å². The molecule has 1 fully saturated rings.